The molecule has 0 saturated heterocycles. The summed E-state index contributed by atoms with van der Waals surface area (Å²) in [7, 11) is 0. The number of halogens is 4. The molecule has 0 bridgehead atoms. The number of rotatable bonds is 3. The van der Waals surface area contributed by atoms with Crippen molar-refractivity contribution < 1.29 is 4.39 Å². The first-order valence-electron chi connectivity index (χ1n) is 5.12. The van der Waals surface area contributed by atoms with Gasteiger partial charge in [-0.3, -0.25) is 0 Å². The van der Waals surface area contributed by atoms with Crippen molar-refractivity contribution in [1.82, 2.24) is 0 Å². The topological polar surface area (TPSA) is 26.0 Å². The van der Waals surface area contributed by atoms with Crippen molar-refractivity contribution in [1.29, 1.82) is 0 Å². The number of benzene rings is 1. The van der Waals surface area contributed by atoms with Gasteiger partial charge in [-0.05, 0) is 62.0 Å². The van der Waals surface area contributed by atoms with Gasteiger partial charge in [0.1, 0.15) is 5.82 Å². The van der Waals surface area contributed by atoms with E-state index in [1.807, 2.05) is 6.07 Å². The monoisotopic (exact) mass is 411 g/mol. The molecule has 0 radical (unpaired) electrons. The van der Waals surface area contributed by atoms with Gasteiger partial charge in [-0.15, -0.1) is 11.3 Å². The molecule has 0 saturated carbocycles. The second-order valence-electron chi connectivity index (χ2n) is 3.79. The van der Waals surface area contributed by atoms with E-state index in [1.165, 1.54) is 6.07 Å². The van der Waals surface area contributed by atoms with Crippen molar-refractivity contribution in [3.05, 3.63) is 53.8 Å². The molecule has 2 rings (SSSR count). The van der Waals surface area contributed by atoms with Crippen LogP contribution in [0.15, 0.2) is 31.8 Å². The molecule has 0 amide bonds. The van der Waals surface area contributed by atoms with Crippen LogP contribution in [-0.2, 0) is 6.42 Å². The average molecular weight is 414 g/mol. The summed E-state index contributed by atoms with van der Waals surface area (Å²) in [4.78, 5) is 0. The number of hydrogen-bond donors (Lipinski definition) is 1. The number of hydrogen-bond acceptors (Lipinski definition) is 2. The Labute approximate surface area is 130 Å². The molecule has 1 heterocycles. The first kappa shape index (κ1) is 14.5. The summed E-state index contributed by atoms with van der Waals surface area (Å²) in [6.45, 7) is 0. The van der Waals surface area contributed by atoms with E-state index in [1.54, 1.807) is 23.5 Å². The summed E-state index contributed by atoms with van der Waals surface area (Å²) >= 11 is 14.4. The van der Waals surface area contributed by atoms with Crippen LogP contribution in [0.2, 0.25) is 5.02 Å². The van der Waals surface area contributed by atoms with Crippen molar-refractivity contribution in [2.45, 2.75) is 12.5 Å². The first-order valence-corrected chi connectivity index (χ1v) is 7.90. The lowest BCUT2D eigenvalue weighted by atomic mass is 10.0. The van der Waals surface area contributed by atoms with Crippen LogP contribution in [0.3, 0.4) is 0 Å². The first-order chi connectivity index (χ1) is 8.49. The smallest absolute Gasteiger partial charge is 0.127 e. The quantitative estimate of drug-likeness (QED) is 0.725. The molecule has 0 fully saturated rings. The fourth-order valence-corrected chi connectivity index (χ4v) is 4.90. The normalized spacial score (nSPS) is 12.7. The van der Waals surface area contributed by atoms with E-state index in [0.717, 1.165) is 13.1 Å². The molecule has 1 aromatic carbocycles. The highest BCUT2D eigenvalue weighted by molar-refractivity contribution is 9.12. The SMILES string of the molecule is NC(Cc1c(F)cccc1Cl)c1cc(Br)sc1Br. The highest BCUT2D eigenvalue weighted by atomic mass is 79.9. The van der Waals surface area contributed by atoms with Crippen LogP contribution >= 0.6 is 54.8 Å². The third-order valence-corrected chi connectivity index (χ3v) is 5.31. The second kappa shape index (κ2) is 6.01. The van der Waals surface area contributed by atoms with E-state index in [9.17, 15) is 4.39 Å². The zero-order valence-electron chi connectivity index (χ0n) is 9.09. The molecule has 0 aliphatic heterocycles. The highest BCUT2D eigenvalue weighted by Gasteiger charge is 2.17. The molecular weight excluding hydrogens is 404 g/mol. The molecule has 1 nitrogen and oxygen atoms in total. The minimum absolute atomic E-state index is 0.295. The number of nitrogens with two attached hydrogens (primary N) is 1. The van der Waals surface area contributed by atoms with Gasteiger partial charge in [0.2, 0.25) is 0 Å². The highest BCUT2D eigenvalue weighted by Crippen LogP contribution is 2.36. The molecule has 0 aliphatic carbocycles. The van der Waals surface area contributed by atoms with Crippen LogP contribution in [0, 0.1) is 5.82 Å². The van der Waals surface area contributed by atoms with Gasteiger partial charge < -0.3 is 5.73 Å². The van der Waals surface area contributed by atoms with Gasteiger partial charge in [0, 0.05) is 16.6 Å². The lowest BCUT2D eigenvalue weighted by Crippen LogP contribution is -2.14. The molecule has 18 heavy (non-hydrogen) atoms. The lowest BCUT2D eigenvalue weighted by Gasteiger charge is -2.13. The fourth-order valence-electron chi connectivity index (χ4n) is 1.66. The van der Waals surface area contributed by atoms with Crippen molar-refractivity contribution in [2.24, 2.45) is 5.73 Å². The van der Waals surface area contributed by atoms with Gasteiger partial charge in [0.25, 0.3) is 0 Å². The fraction of sp³-hybridized carbons (Fsp3) is 0.167. The van der Waals surface area contributed by atoms with Gasteiger partial charge in [-0.25, -0.2) is 4.39 Å². The third-order valence-electron chi connectivity index (χ3n) is 2.57. The van der Waals surface area contributed by atoms with Crippen LogP contribution in [-0.4, -0.2) is 0 Å². The van der Waals surface area contributed by atoms with Crippen LogP contribution in [0.25, 0.3) is 0 Å². The van der Waals surface area contributed by atoms with E-state index in [4.69, 9.17) is 17.3 Å². The predicted octanol–water partition coefficient (Wildman–Crippen LogP) is 5.31. The predicted molar refractivity (Wildman–Crippen MR) is 81.8 cm³/mol. The van der Waals surface area contributed by atoms with Crippen LogP contribution in [0.5, 0.6) is 0 Å². The van der Waals surface area contributed by atoms with E-state index < -0.39 is 0 Å². The maximum absolute atomic E-state index is 13.7. The van der Waals surface area contributed by atoms with Gasteiger partial charge >= 0.3 is 0 Å². The summed E-state index contributed by atoms with van der Waals surface area (Å²) in [5.74, 6) is -0.316. The van der Waals surface area contributed by atoms with Crippen molar-refractivity contribution in [3.8, 4) is 0 Å². The van der Waals surface area contributed by atoms with E-state index in [-0.39, 0.29) is 11.9 Å². The summed E-state index contributed by atoms with van der Waals surface area (Å²) < 4.78 is 15.6. The van der Waals surface area contributed by atoms with Gasteiger partial charge in [-0.1, -0.05) is 17.7 Å². The molecule has 1 atom stereocenters. The zero-order chi connectivity index (χ0) is 13.3. The Morgan fingerprint density at radius 3 is 2.67 bits per heavy atom. The number of thiophene rings is 1. The second-order valence-corrected chi connectivity index (χ2v) is 7.95. The minimum atomic E-state index is -0.316. The molecule has 6 heteroatoms. The average Bonchev–Trinajstić information content (AvgIpc) is 2.63. The van der Waals surface area contributed by atoms with Crippen molar-refractivity contribution in [2.75, 3.05) is 0 Å². The van der Waals surface area contributed by atoms with E-state index in [0.29, 0.717) is 17.0 Å². The Balaban J connectivity index is 2.26. The van der Waals surface area contributed by atoms with Gasteiger partial charge in [0.15, 0.2) is 0 Å². The standard InChI is InChI=1S/C12H9Br2ClFNS/c13-11-5-7(12(14)18-11)10(17)4-6-8(15)2-1-3-9(6)16/h1-3,5,10H,4,17H2. The molecular formula is C12H9Br2ClFNS. The van der Waals surface area contributed by atoms with Gasteiger partial charge in [-0.2, -0.15) is 0 Å². The molecule has 0 aliphatic rings. The Hall–Kier alpha value is 0.0600. The molecule has 2 aromatic rings. The Morgan fingerprint density at radius 2 is 2.11 bits per heavy atom. The molecule has 1 aromatic heterocycles. The Morgan fingerprint density at radius 1 is 1.39 bits per heavy atom. The van der Waals surface area contributed by atoms with E-state index in [2.05, 4.69) is 31.9 Å². The molecule has 0 spiro atoms. The Bertz CT molecular complexity index is 553. The largest absolute Gasteiger partial charge is 0.324 e. The molecule has 2 N–H and O–H groups in total. The minimum Gasteiger partial charge on any atom is -0.324 e. The van der Waals surface area contributed by atoms with Crippen molar-refractivity contribution in [3.63, 3.8) is 0 Å². The van der Waals surface area contributed by atoms with Crippen molar-refractivity contribution >= 4 is 54.8 Å². The van der Waals surface area contributed by atoms with E-state index >= 15 is 0 Å². The summed E-state index contributed by atoms with van der Waals surface area (Å²) in [5.41, 5.74) is 7.52. The third kappa shape index (κ3) is 3.14. The van der Waals surface area contributed by atoms with Crippen LogP contribution in [0.1, 0.15) is 17.2 Å². The maximum Gasteiger partial charge on any atom is 0.127 e. The van der Waals surface area contributed by atoms with Crippen LogP contribution < -0.4 is 5.73 Å². The van der Waals surface area contributed by atoms with Crippen LogP contribution in [0.4, 0.5) is 4.39 Å². The summed E-state index contributed by atoms with van der Waals surface area (Å²) in [6.07, 6.45) is 0.368. The van der Waals surface area contributed by atoms with Gasteiger partial charge in [0.05, 0.1) is 7.57 Å². The molecule has 96 valence electrons. The summed E-state index contributed by atoms with van der Waals surface area (Å²) in [6, 6.07) is 6.30. The maximum atomic E-state index is 13.7. The summed E-state index contributed by atoms with van der Waals surface area (Å²) in [5, 5.41) is 0.413. The Kier molecular flexibility index (Phi) is 4.83. The zero-order valence-corrected chi connectivity index (χ0v) is 13.8. The lowest BCUT2D eigenvalue weighted by molar-refractivity contribution is 0.593. The molecule has 1 unspecified atom stereocenters.